The van der Waals surface area contributed by atoms with E-state index in [1.165, 1.54) is 5.56 Å². The monoisotopic (exact) mass is 333 g/mol. The zero-order valence-electron chi connectivity index (χ0n) is 13.5. The van der Waals surface area contributed by atoms with Gasteiger partial charge >= 0.3 is 0 Å². The second-order valence-corrected chi connectivity index (χ2v) is 7.78. The Labute approximate surface area is 139 Å². The van der Waals surface area contributed by atoms with Crippen molar-refractivity contribution in [3.05, 3.63) is 47.6 Å². The Bertz CT molecular complexity index is 634. The Kier molecular flexibility index (Phi) is 5.56. The quantitative estimate of drug-likeness (QED) is 0.811. The van der Waals surface area contributed by atoms with Crippen LogP contribution in [0, 0.1) is 0 Å². The normalized spacial score (nSPS) is 21.7. The van der Waals surface area contributed by atoms with Crippen molar-refractivity contribution in [3.8, 4) is 0 Å². The van der Waals surface area contributed by atoms with E-state index in [1.54, 1.807) is 0 Å². The summed E-state index contributed by atoms with van der Waals surface area (Å²) in [6.07, 6.45) is 3.68. The van der Waals surface area contributed by atoms with Crippen molar-refractivity contribution in [3.63, 3.8) is 0 Å². The van der Waals surface area contributed by atoms with Crippen molar-refractivity contribution < 1.29 is 8.73 Å². The average molecular weight is 333 g/mol. The van der Waals surface area contributed by atoms with Gasteiger partial charge in [0.1, 0.15) is 0 Å². The Morgan fingerprint density at radius 1 is 1.22 bits per heavy atom. The van der Waals surface area contributed by atoms with Crippen LogP contribution in [-0.2, 0) is 30.2 Å². The van der Waals surface area contributed by atoms with E-state index in [4.69, 9.17) is 4.52 Å². The highest BCUT2D eigenvalue weighted by molar-refractivity contribution is 7.85. The minimum absolute atomic E-state index is 0.465. The van der Waals surface area contributed by atoms with Gasteiger partial charge in [-0.25, -0.2) is 0 Å². The average Bonchev–Trinajstić information content (AvgIpc) is 3.02. The van der Waals surface area contributed by atoms with Crippen LogP contribution in [0.2, 0.25) is 0 Å². The zero-order chi connectivity index (χ0) is 16.1. The highest BCUT2D eigenvalue weighted by atomic mass is 32.2. The summed E-state index contributed by atoms with van der Waals surface area (Å²) in [7, 11) is 1.46. The summed E-state index contributed by atoms with van der Waals surface area (Å²) in [5.74, 6) is 3.05. The summed E-state index contributed by atoms with van der Waals surface area (Å²) in [6, 6.07) is 10.8. The van der Waals surface area contributed by atoms with Gasteiger partial charge in [0.05, 0.1) is 6.54 Å². The molecule has 1 aliphatic rings. The van der Waals surface area contributed by atoms with Crippen LogP contribution in [0.15, 0.2) is 34.9 Å². The molecule has 1 saturated heterocycles. The molecule has 0 spiro atoms. The molecule has 1 aliphatic heterocycles. The van der Waals surface area contributed by atoms with E-state index in [9.17, 15) is 4.21 Å². The third-order valence-electron chi connectivity index (χ3n) is 4.36. The molecule has 0 unspecified atom stereocenters. The van der Waals surface area contributed by atoms with Crippen LogP contribution >= 0.6 is 0 Å². The van der Waals surface area contributed by atoms with Crippen LogP contribution in [0.25, 0.3) is 0 Å². The summed E-state index contributed by atoms with van der Waals surface area (Å²) < 4.78 is 16.8. The molecule has 3 rings (SSSR count). The molecule has 23 heavy (non-hydrogen) atoms. The number of aryl methyl sites for hydroxylation is 2. The van der Waals surface area contributed by atoms with Gasteiger partial charge in [-0.15, -0.1) is 0 Å². The van der Waals surface area contributed by atoms with Crippen LogP contribution in [-0.4, -0.2) is 43.8 Å². The van der Waals surface area contributed by atoms with Crippen molar-refractivity contribution in [2.45, 2.75) is 38.3 Å². The van der Waals surface area contributed by atoms with Crippen LogP contribution < -0.4 is 0 Å². The summed E-state index contributed by atoms with van der Waals surface area (Å²) in [5.41, 5.74) is 1.28. The fourth-order valence-electron chi connectivity index (χ4n) is 2.92. The van der Waals surface area contributed by atoms with E-state index in [1.807, 2.05) is 18.2 Å². The summed E-state index contributed by atoms with van der Waals surface area (Å²) >= 11 is 0. The van der Waals surface area contributed by atoms with E-state index in [2.05, 4.69) is 34.2 Å². The SMILES string of the molecule is CN(Cc1nc(CCc2ccccc2)no1)C1CCS(=O)CC1. The summed E-state index contributed by atoms with van der Waals surface area (Å²) in [6.45, 7) is 0.662. The highest BCUT2D eigenvalue weighted by Crippen LogP contribution is 2.16. The molecule has 6 heteroatoms. The molecule has 5 nitrogen and oxygen atoms in total. The minimum atomic E-state index is -0.619. The number of aromatic nitrogens is 2. The van der Waals surface area contributed by atoms with E-state index in [0.717, 1.165) is 43.0 Å². The van der Waals surface area contributed by atoms with E-state index >= 15 is 0 Å². The van der Waals surface area contributed by atoms with Crippen LogP contribution in [0.4, 0.5) is 0 Å². The Morgan fingerprint density at radius 2 is 1.96 bits per heavy atom. The number of hydrogen-bond acceptors (Lipinski definition) is 5. The lowest BCUT2D eigenvalue weighted by molar-refractivity contribution is 0.192. The summed E-state index contributed by atoms with van der Waals surface area (Å²) in [4.78, 5) is 6.74. The van der Waals surface area contributed by atoms with Gasteiger partial charge in [0.15, 0.2) is 5.82 Å². The maximum Gasteiger partial charge on any atom is 0.240 e. The van der Waals surface area contributed by atoms with Crippen LogP contribution in [0.5, 0.6) is 0 Å². The predicted octanol–water partition coefficient (Wildman–Crippen LogP) is 2.20. The van der Waals surface area contributed by atoms with Crippen molar-refractivity contribution in [2.75, 3.05) is 18.6 Å². The third-order valence-corrected chi connectivity index (χ3v) is 5.74. The van der Waals surface area contributed by atoms with Crippen LogP contribution in [0.3, 0.4) is 0 Å². The maximum atomic E-state index is 11.4. The lowest BCUT2D eigenvalue weighted by atomic mass is 10.1. The second-order valence-electron chi connectivity index (χ2n) is 6.08. The van der Waals surface area contributed by atoms with Gasteiger partial charge in [0.25, 0.3) is 0 Å². The molecule has 0 radical (unpaired) electrons. The smallest absolute Gasteiger partial charge is 0.240 e. The molecule has 1 fully saturated rings. The molecule has 0 atom stereocenters. The van der Waals surface area contributed by atoms with Gasteiger partial charge in [0.2, 0.25) is 5.89 Å². The molecule has 2 heterocycles. The number of benzene rings is 1. The Morgan fingerprint density at radius 3 is 2.70 bits per heavy atom. The van der Waals surface area contributed by atoms with E-state index in [-0.39, 0.29) is 0 Å². The first-order valence-electron chi connectivity index (χ1n) is 8.11. The molecule has 0 bridgehead atoms. The lowest BCUT2D eigenvalue weighted by Crippen LogP contribution is -2.37. The van der Waals surface area contributed by atoms with Gasteiger partial charge in [-0.3, -0.25) is 9.11 Å². The van der Waals surface area contributed by atoms with Crippen molar-refractivity contribution >= 4 is 10.8 Å². The van der Waals surface area contributed by atoms with Gasteiger partial charge in [0, 0.05) is 34.8 Å². The van der Waals surface area contributed by atoms with E-state index in [0.29, 0.717) is 18.5 Å². The lowest BCUT2D eigenvalue weighted by Gasteiger charge is -2.29. The second kappa shape index (κ2) is 7.84. The van der Waals surface area contributed by atoms with Gasteiger partial charge in [-0.1, -0.05) is 35.5 Å². The van der Waals surface area contributed by atoms with Crippen LogP contribution in [0.1, 0.15) is 30.1 Å². The first kappa shape index (κ1) is 16.3. The fraction of sp³-hybridized carbons (Fsp3) is 0.529. The predicted molar refractivity (Wildman–Crippen MR) is 90.5 cm³/mol. The Balaban J connectivity index is 1.49. The highest BCUT2D eigenvalue weighted by Gasteiger charge is 2.22. The third kappa shape index (κ3) is 4.72. The zero-order valence-corrected chi connectivity index (χ0v) is 14.3. The number of hydrogen-bond donors (Lipinski definition) is 0. The molecule has 1 aromatic carbocycles. The molecule has 0 N–H and O–H groups in total. The van der Waals surface area contributed by atoms with Gasteiger partial charge < -0.3 is 4.52 Å². The number of rotatable bonds is 6. The molecule has 0 saturated carbocycles. The fourth-order valence-corrected chi connectivity index (χ4v) is 4.20. The van der Waals surface area contributed by atoms with Crippen molar-refractivity contribution in [2.24, 2.45) is 0 Å². The first-order chi connectivity index (χ1) is 11.2. The molecule has 0 amide bonds. The summed E-state index contributed by atoms with van der Waals surface area (Å²) in [5, 5.41) is 4.08. The Hall–Kier alpha value is -1.53. The minimum Gasteiger partial charge on any atom is -0.338 e. The molecule has 0 aliphatic carbocycles. The standard InChI is InChI=1S/C17H23N3O2S/c1-20(15-9-11-23(21)12-10-15)13-17-18-16(19-22-17)8-7-14-5-3-2-4-6-14/h2-6,15H,7-13H2,1H3. The molecule has 2 aromatic rings. The topological polar surface area (TPSA) is 59.2 Å². The van der Waals surface area contributed by atoms with Gasteiger partial charge in [-0.2, -0.15) is 4.98 Å². The molecule has 1 aromatic heterocycles. The van der Waals surface area contributed by atoms with E-state index < -0.39 is 10.8 Å². The molecule has 124 valence electrons. The van der Waals surface area contributed by atoms with Crippen molar-refractivity contribution in [1.29, 1.82) is 0 Å². The van der Waals surface area contributed by atoms with Crippen molar-refractivity contribution in [1.82, 2.24) is 15.0 Å². The molecular weight excluding hydrogens is 310 g/mol. The maximum absolute atomic E-state index is 11.4. The number of nitrogens with zero attached hydrogens (tertiary/aromatic N) is 3. The first-order valence-corrected chi connectivity index (χ1v) is 9.60. The molecular formula is C17H23N3O2S. The largest absolute Gasteiger partial charge is 0.338 e. The van der Waals surface area contributed by atoms with Gasteiger partial charge in [-0.05, 0) is 31.9 Å².